The normalized spacial score (nSPS) is 13.7. The van der Waals surface area contributed by atoms with Crippen LogP contribution < -0.4 is 14.7 Å². The Hall–Kier alpha value is -7.39. The van der Waals surface area contributed by atoms with E-state index in [4.69, 9.17) is 0 Å². The summed E-state index contributed by atoms with van der Waals surface area (Å²) in [6.07, 6.45) is 15.8. The molecular formula is C74H63Ir4N9-6. The van der Waals surface area contributed by atoms with Crippen LogP contribution in [-0.2, 0) is 105 Å². The number of hydrogen-bond acceptors (Lipinski definition) is 7. The Morgan fingerprint density at radius 2 is 0.977 bits per heavy atom. The Morgan fingerprint density at radius 3 is 1.55 bits per heavy atom. The second-order valence-electron chi connectivity index (χ2n) is 22.0. The monoisotopic (exact) mass is 1850 g/mol. The first-order chi connectivity index (χ1) is 40.4. The molecule has 0 amide bonds. The molecule has 0 N–H and O–H groups in total. The number of para-hydroxylation sites is 1. The number of aryl methyl sites for hydroxylation is 2. The number of nitrogens with zero attached hydrogens (tertiary/aromatic N) is 9. The minimum atomic E-state index is 0. The van der Waals surface area contributed by atoms with Gasteiger partial charge in [0, 0.05) is 131 Å². The molecule has 0 fully saturated rings. The summed E-state index contributed by atoms with van der Waals surface area (Å²) in [6.45, 7) is 13.4. The molecule has 0 spiro atoms. The minimum absolute atomic E-state index is 0. The predicted octanol–water partition coefficient (Wildman–Crippen LogP) is 16.3. The van der Waals surface area contributed by atoms with Crippen LogP contribution in [0.4, 0.5) is 17.1 Å². The van der Waals surface area contributed by atoms with E-state index in [9.17, 15) is 0 Å². The number of aromatic nitrogens is 5. The molecule has 4 radical (unpaired) electrons. The number of fused-ring (bicyclic) bond motifs is 6. The Kier molecular flexibility index (Phi) is 21.6. The maximum atomic E-state index is 4.68. The number of imidazole rings is 2. The van der Waals surface area contributed by atoms with Gasteiger partial charge in [0.05, 0.1) is 23.0 Å². The largest absolute Gasteiger partial charge is 0.510 e. The van der Waals surface area contributed by atoms with Crippen molar-refractivity contribution in [2.45, 2.75) is 38.5 Å². The fourth-order valence-corrected chi connectivity index (χ4v) is 11.3. The van der Waals surface area contributed by atoms with E-state index in [0.717, 1.165) is 62.4 Å². The van der Waals surface area contributed by atoms with Gasteiger partial charge in [-0.3, -0.25) is 15.0 Å². The quantitative estimate of drug-likeness (QED) is 0.147. The fourth-order valence-electron chi connectivity index (χ4n) is 11.3. The second kappa shape index (κ2) is 28.6. The number of anilines is 3. The Labute approximate surface area is 567 Å². The van der Waals surface area contributed by atoms with Crippen LogP contribution in [0.3, 0.4) is 0 Å². The molecule has 4 aliphatic rings. The maximum absolute atomic E-state index is 4.68. The molecule has 2 aliphatic heterocycles. The molecule has 13 heteroatoms. The van der Waals surface area contributed by atoms with E-state index in [0.29, 0.717) is 0 Å². The van der Waals surface area contributed by atoms with E-state index < -0.39 is 0 Å². The summed E-state index contributed by atoms with van der Waals surface area (Å²) in [7, 11) is 6.02. The maximum Gasteiger partial charge on any atom is 0.0768 e. The fraction of sp³-hybridized carbons (Fsp3) is 0.122. The van der Waals surface area contributed by atoms with Gasteiger partial charge in [0.2, 0.25) is 0 Å². The topological polar surface area (TPSA) is 61.5 Å². The van der Waals surface area contributed by atoms with Crippen LogP contribution in [0.1, 0.15) is 49.9 Å². The molecule has 87 heavy (non-hydrogen) atoms. The summed E-state index contributed by atoms with van der Waals surface area (Å²) >= 11 is 0. The number of benzene rings is 8. The molecule has 3 aromatic heterocycles. The van der Waals surface area contributed by atoms with E-state index in [1.807, 2.05) is 133 Å². The van der Waals surface area contributed by atoms with Crippen LogP contribution in [0, 0.1) is 37.6 Å². The summed E-state index contributed by atoms with van der Waals surface area (Å²) in [5, 5.41) is 0. The average Bonchev–Trinajstić information content (AvgIpc) is 1.61. The van der Waals surface area contributed by atoms with Crippen LogP contribution >= 0.6 is 0 Å². The van der Waals surface area contributed by atoms with Crippen molar-refractivity contribution in [2.75, 3.05) is 21.7 Å². The van der Waals surface area contributed by atoms with Crippen molar-refractivity contribution in [3.05, 3.63) is 304 Å². The Balaban J connectivity index is 0.000000150. The van der Waals surface area contributed by atoms with E-state index in [1.165, 1.54) is 44.5 Å². The van der Waals surface area contributed by atoms with E-state index in [-0.39, 0.29) is 91.3 Å². The zero-order valence-electron chi connectivity index (χ0n) is 49.1. The van der Waals surface area contributed by atoms with Crippen molar-refractivity contribution in [1.29, 1.82) is 0 Å². The Morgan fingerprint density at radius 1 is 0.414 bits per heavy atom. The third kappa shape index (κ3) is 13.8. The minimum Gasteiger partial charge on any atom is -0.510 e. The van der Waals surface area contributed by atoms with Gasteiger partial charge in [-0.2, -0.15) is 30.9 Å². The average molecular weight is 1850 g/mol. The van der Waals surface area contributed by atoms with Crippen molar-refractivity contribution < 1.29 is 80.4 Å². The molecule has 11 aromatic rings. The van der Waals surface area contributed by atoms with Crippen molar-refractivity contribution in [2.24, 2.45) is 14.1 Å². The van der Waals surface area contributed by atoms with Crippen LogP contribution in [-0.4, -0.2) is 36.0 Å². The van der Waals surface area contributed by atoms with E-state index in [1.54, 1.807) is 12.4 Å². The van der Waals surface area contributed by atoms with Gasteiger partial charge in [0.1, 0.15) is 0 Å². The van der Waals surface area contributed by atoms with Crippen molar-refractivity contribution in [3.8, 4) is 67.5 Å². The summed E-state index contributed by atoms with van der Waals surface area (Å²) in [4.78, 5) is 21.8. The van der Waals surface area contributed by atoms with E-state index in [2.05, 4.69) is 229 Å². The number of rotatable bonds is 7. The van der Waals surface area contributed by atoms with Gasteiger partial charge in [-0.15, -0.1) is 118 Å². The SMILES string of the molecule is CC1(C)c2ccccc2-c2c[c-]c(N3C=CN(c4ccccc4)[CH-]3)cc21.CN1C=CN(c2[c-]cc3c(c2)C(C)(C)c2ccccc2-3)[CH-]1.Cn1cc(-c2ccccc2)nc1-c1[c-]cccc1.Cn1ccnc1-c1[c-]ccc(-c2ccccn2)c1.[Ir].[Ir].[Ir].[Ir]. The molecule has 15 rings (SSSR count). The van der Waals surface area contributed by atoms with Crippen molar-refractivity contribution in [1.82, 2.24) is 29.0 Å². The Bertz CT molecular complexity index is 4120. The van der Waals surface area contributed by atoms with Gasteiger partial charge in [-0.05, 0) is 78.1 Å². The zero-order chi connectivity index (χ0) is 57.1. The molecule has 0 unspecified atom stereocenters. The standard InChI is InChI=1S/C24H20N2.C19H18N2.C16H13N2.C15H12N3.4Ir/c1-24(2)22-11-7-6-10-20(22)21-13-12-19(16-23(21)24)26-15-14-25(17-26)18-8-4-3-5-9-18;1-19(2)17-7-5-4-6-15(17)16-9-8-14(12-18(16)19)21-11-10-20(3)13-21;1-18-12-15(13-8-4-2-5-9-13)17-16(18)14-10-6-3-7-11-14;1-18-10-9-17-15(18)13-6-4-5-12(11-13)14-7-2-3-8-16-14;;;;/h3-11,13-17H,1-2H3;4-7,9-13H,1-3H3;2-10,12H,1H3;2-5,7-11H,1H3;;;;/q2*-2;2*-1;;;;. The predicted molar refractivity (Wildman–Crippen MR) is 338 cm³/mol. The van der Waals surface area contributed by atoms with Gasteiger partial charge < -0.3 is 28.7 Å². The molecule has 5 heterocycles. The van der Waals surface area contributed by atoms with Crippen molar-refractivity contribution >= 4 is 17.1 Å². The zero-order valence-corrected chi connectivity index (χ0v) is 58.7. The third-order valence-corrected chi connectivity index (χ3v) is 15.7. The molecule has 0 saturated carbocycles. The van der Waals surface area contributed by atoms with Crippen LogP contribution in [0.2, 0.25) is 0 Å². The molecule has 9 nitrogen and oxygen atoms in total. The van der Waals surface area contributed by atoms with Gasteiger partial charge in [0.25, 0.3) is 0 Å². The van der Waals surface area contributed by atoms with Gasteiger partial charge >= 0.3 is 0 Å². The third-order valence-electron chi connectivity index (χ3n) is 15.7. The molecular weight excluding hydrogens is 1780 g/mol. The first-order valence-electron chi connectivity index (χ1n) is 27.9. The smallest absolute Gasteiger partial charge is 0.0768 e. The molecule has 8 aromatic carbocycles. The number of hydrogen-bond donors (Lipinski definition) is 0. The van der Waals surface area contributed by atoms with Gasteiger partial charge in [-0.25, -0.2) is 0 Å². The van der Waals surface area contributed by atoms with Crippen molar-refractivity contribution in [3.63, 3.8) is 0 Å². The first kappa shape index (κ1) is 65.6. The molecule has 446 valence electrons. The molecule has 2 aliphatic carbocycles. The molecule has 0 bridgehead atoms. The van der Waals surface area contributed by atoms with Crippen LogP contribution in [0.25, 0.3) is 67.5 Å². The summed E-state index contributed by atoms with van der Waals surface area (Å²) in [6, 6.07) is 79.9. The van der Waals surface area contributed by atoms with Crippen LogP contribution in [0.5, 0.6) is 0 Å². The number of pyridine rings is 1. The summed E-state index contributed by atoms with van der Waals surface area (Å²) in [5.41, 5.74) is 20.4. The summed E-state index contributed by atoms with van der Waals surface area (Å²) < 4.78 is 4.02. The van der Waals surface area contributed by atoms with E-state index >= 15 is 0 Å². The first-order valence-corrected chi connectivity index (χ1v) is 27.9. The van der Waals surface area contributed by atoms with Gasteiger partial charge in [0.15, 0.2) is 0 Å². The molecule has 0 atom stereocenters. The van der Waals surface area contributed by atoms with Gasteiger partial charge in [-0.1, -0.05) is 148 Å². The second-order valence-corrected chi connectivity index (χ2v) is 22.0. The molecule has 0 saturated heterocycles. The van der Waals surface area contributed by atoms with Crippen LogP contribution in [0.15, 0.2) is 244 Å². The summed E-state index contributed by atoms with van der Waals surface area (Å²) in [5.74, 6) is 1.85.